The Bertz CT molecular complexity index is 1120. The van der Waals surface area contributed by atoms with E-state index in [4.69, 9.17) is 9.15 Å². The summed E-state index contributed by atoms with van der Waals surface area (Å²) in [5.41, 5.74) is 4.32. The van der Waals surface area contributed by atoms with Crippen molar-refractivity contribution >= 4 is 28.8 Å². The summed E-state index contributed by atoms with van der Waals surface area (Å²) in [5, 5.41) is 3.53. The van der Waals surface area contributed by atoms with E-state index in [1.54, 1.807) is 0 Å². The van der Waals surface area contributed by atoms with Crippen LogP contribution < -0.4 is 10.1 Å². The van der Waals surface area contributed by atoms with E-state index in [0.29, 0.717) is 29.7 Å². The van der Waals surface area contributed by atoms with Gasteiger partial charge < -0.3 is 14.5 Å². The minimum atomic E-state index is -0.114. The lowest BCUT2D eigenvalue weighted by molar-refractivity contribution is 0.0946. The zero-order valence-electron chi connectivity index (χ0n) is 16.6. The number of hydrogen-bond acceptors (Lipinski definition) is 5. The van der Waals surface area contributed by atoms with Crippen molar-refractivity contribution in [1.29, 1.82) is 0 Å². The maximum Gasteiger partial charge on any atom is 0.257 e. The standard InChI is InChI=1S/C24H22N2O3S/c1-17-7-6-9-19(15-17)28-14-13-25-23(27)20-10-3-2-8-18(20)16-30-24-26-21-11-4-5-12-22(21)29-24/h2-12,15H,13-14,16H2,1H3,(H,25,27). The van der Waals surface area contributed by atoms with Crippen molar-refractivity contribution in [1.82, 2.24) is 10.3 Å². The topological polar surface area (TPSA) is 64.4 Å². The minimum Gasteiger partial charge on any atom is -0.492 e. The Kier molecular flexibility index (Phi) is 6.35. The fourth-order valence-corrected chi connectivity index (χ4v) is 3.90. The molecule has 0 unspecified atom stereocenters. The van der Waals surface area contributed by atoms with Crippen molar-refractivity contribution in [3.8, 4) is 5.75 Å². The van der Waals surface area contributed by atoms with Crippen LogP contribution in [0.3, 0.4) is 0 Å². The van der Waals surface area contributed by atoms with Crippen molar-refractivity contribution < 1.29 is 13.9 Å². The number of para-hydroxylation sites is 2. The van der Waals surface area contributed by atoms with Gasteiger partial charge in [0.1, 0.15) is 17.9 Å². The van der Waals surface area contributed by atoms with Crippen LogP contribution in [-0.4, -0.2) is 24.0 Å². The average molecular weight is 419 g/mol. The van der Waals surface area contributed by atoms with Gasteiger partial charge in [-0.15, -0.1) is 0 Å². The van der Waals surface area contributed by atoms with E-state index in [0.717, 1.165) is 28.0 Å². The van der Waals surface area contributed by atoms with Gasteiger partial charge in [0.05, 0.1) is 6.54 Å². The zero-order chi connectivity index (χ0) is 20.8. The van der Waals surface area contributed by atoms with Gasteiger partial charge in [-0.3, -0.25) is 4.79 Å². The Hall–Kier alpha value is -3.25. The molecule has 5 nitrogen and oxygen atoms in total. The Morgan fingerprint density at radius 2 is 1.90 bits per heavy atom. The van der Waals surface area contributed by atoms with Crippen molar-refractivity contribution in [2.45, 2.75) is 17.9 Å². The predicted octanol–water partition coefficient (Wildman–Crippen LogP) is 5.24. The quantitative estimate of drug-likeness (QED) is 0.313. The first-order valence-corrected chi connectivity index (χ1v) is 10.7. The highest BCUT2D eigenvalue weighted by molar-refractivity contribution is 7.98. The Balaban J connectivity index is 1.33. The van der Waals surface area contributed by atoms with Crippen molar-refractivity contribution in [3.05, 3.63) is 89.5 Å². The molecule has 0 saturated carbocycles. The molecule has 1 heterocycles. The molecule has 1 N–H and O–H groups in total. The number of aromatic nitrogens is 1. The van der Waals surface area contributed by atoms with Gasteiger partial charge in [-0.2, -0.15) is 0 Å². The summed E-state index contributed by atoms with van der Waals surface area (Å²) in [6.07, 6.45) is 0. The Labute approximate surface area is 179 Å². The van der Waals surface area contributed by atoms with Crippen LogP contribution in [0.2, 0.25) is 0 Å². The number of nitrogens with zero attached hydrogens (tertiary/aromatic N) is 1. The third-order valence-corrected chi connectivity index (χ3v) is 5.41. The van der Waals surface area contributed by atoms with E-state index in [9.17, 15) is 4.79 Å². The van der Waals surface area contributed by atoms with Gasteiger partial charge in [0.2, 0.25) is 0 Å². The first-order valence-electron chi connectivity index (χ1n) is 9.73. The van der Waals surface area contributed by atoms with Gasteiger partial charge in [-0.05, 0) is 48.4 Å². The lowest BCUT2D eigenvalue weighted by Crippen LogP contribution is -2.28. The summed E-state index contributed by atoms with van der Waals surface area (Å²) in [6, 6.07) is 23.1. The number of ether oxygens (including phenoxy) is 1. The fraction of sp³-hybridized carbons (Fsp3) is 0.167. The van der Waals surface area contributed by atoms with Crippen molar-refractivity contribution in [2.24, 2.45) is 0 Å². The average Bonchev–Trinajstić information content (AvgIpc) is 3.18. The van der Waals surface area contributed by atoms with Gasteiger partial charge in [-0.1, -0.05) is 54.2 Å². The first-order chi connectivity index (χ1) is 14.7. The van der Waals surface area contributed by atoms with E-state index >= 15 is 0 Å². The predicted molar refractivity (Wildman–Crippen MR) is 119 cm³/mol. The Morgan fingerprint density at radius 1 is 1.07 bits per heavy atom. The second kappa shape index (κ2) is 9.50. The second-order valence-corrected chi connectivity index (χ2v) is 7.74. The highest BCUT2D eigenvalue weighted by Crippen LogP contribution is 2.27. The molecule has 0 aliphatic heterocycles. The summed E-state index contributed by atoms with van der Waals surface area (Å²) in [6.45, 7) is 2.86. The highest BCUT2D eigenvalue weighted by atomic mass is 32.2. The number of oxazole rings is 1. The highest BCUT2D eigenvalue weighted by Gasteiger charge is 2.13. The van der Waals surface area contributed by atoms with Gasteiger partial charge in [-0.25, -0.2) is 4.98 Å². The summed E-state index contributed by atoms with van der Waals surface area (Å²) < 4.78 is 11.5. The number of fused-ring (bicyclic) bond motifs is 1. The van der Waals surface area contributed by atoms with Crippen LogP contribution in [0, 0.1) is 6.92 Å². The number of hydrogen-bond donors (Lipinski definition) is 1. The molecule has 4 aromatic rings. The third-order valence-electron chi connectivity index (χ3n) is 4.53. The smallest absolute Gasteiger partial charge is 0.257 e. The van der Waals surface area contributed by atoms with E-state index < -0.39 is 0 Å². The lowest BCUT2D eigenvalue weighted by atomic mass is 10.1. The molecule has 0 fully saturated rings. The molecule has 3 aromatic carbocycles. The van der Waals surface area contributed by atoms with E-state index in [1.807, 2.05) is 79.7 Å². The number of carbonyl (C=O) groups excluding carboxylic acids is 1. The van der Waals surface area contributed by atoms with Crippen LogP contribution in [0.1, 0.15) is 21.5 Å². The molecule has 1 amide bonds. The van der Waals surface area contributed by atoms with Crippen LogP contribution in [0.5, 0.6) is 5.75 Å². The van der Waals surface area contributed by atoms with E-state index in [-0.39, 0.29) is 5.91 Å². The molecule has 0 spiro atoms. The molecular weight excluding hydrogens is 396 g/mol. The zero-order valence-corrected chi connectivity index (χ0v) is 17.4. The lowest BCUT2D eigenvalue weighted by Gasteiger charge is -2.10. The van der Waals surface area contributed by atoms with Crippen LogP contribution in [0.4, 0.5) is 0 Å². The summed E-state index contributed by atoms with van der Waals surface area (Å²) in [7, 11) is 0. The third kappa shape index (κ3) is 5.02. The molecule has 1 aromatic heterocycles. The minimum absolute atomic E-state index is 0.114. The monoisotopic (exact) mass is 418 g/mol. The molecule has 0 aliphatic carbocycles. The van der Waals surface area contributed by atoms with Gasteiger partial charge in [0.25, 0.3) is 11.1 Å². The van der Waals surface area contributed by atoms with Gasteiger partial charge >= 0.3 is 0 Å². The molecule has 152 valence electrons. The molecule has 0 saturated heterocycles. The number of nitrogens with one attached hydrogen (secondary N) is 1. The number of benzene rings is 3. The molecule has 0 atom stereocenters. The number of rotatable bonds is 8. The summed E-state index contributed by atoms with van der Waals surface area (Å²) >= 11 is 1.48. The molecule has 6 heteroatoms. The van der Waals surface area contributed by atoms with Gasteiger partial charge in [0, 0.05) is 11.3 Å². The van der Waals surface area contributed by atoms with E-state index in [1.165, 1.54) is 11.8 Å². The van der Waals surface area contributed by atoms with Crippen LogP contribution in [0.25, 0.3) is 11.1 Å². The maximum atomic E-state index is 12.7. The van der Waals surface area contributed by atoms with Crippen molar-refractivity contribution in [3.63, 3.8) is 0 Å². The maximum absolute atomic E-state index is 12.7. The number of thioether (sulfide) groups is 1. The Morgan fingerprint density at radius 3 is 2.77 bits per heavy atom. The fourth-order valence-electron chi connectivity index (χ4n) is 3.05. The van der Waals surface area contributed by atoms with Crippen molar-refractivity contribution in [2.75, 3.05) is 13.2 Å². The normalized spacial score (nSPS) is 10.8. The number of amides is 1. The summed E-state index contributed by atoms with van der Waals surface area (Å²) in [4.78, 5) is 17.1. The number of aryl methyl sites for hydroxylation is 1. The molecule has 4 rings (SSSR count). The van der Waals surface area contributed by atoms with Crippen LogP contribution in [-0.2, 0) is 5.75 Å². The molecular formula is C24H22N2O3S. The first kappa shape index (κ1) is 20.0. The molecule has 0 radical (unpaired) electrons. The number of carbonyl (C=O) groups is 1. The molecule has 0 bridgehead atoms. The van der Waals surface area contributed by atoms with E-state index in [2.05, 4.69) is 10.3 Å². The van der Waals surface area contributed by atoms with Gasteiger partial charge in [0.15, 0.2) is 5.58 Å². The molecule has 0 aliphatic rings. The molecule has 30 heavy (non-hydrogen) atoms. The van der Waals surface area contributed by atoms with Crippen LogP contribution in [0.15, 0.2) is 82.4 Å². The SMILES string of the molecule is Cc1cccc(OCCNC(=O)c2ccccc2CSc2nc3ccccc3o2)c1. The largest absolute Gasteiger partial charge is 0.492 e. The summed E-state index contributed by atoms with van der Waals surface area (Å²) in [5.74, 6) is 1.28. The second-order valence-electron chi connectivity index (χ2n) is 6.81. The van der Waals surface area contributed by atoms with Crippen LogP contribution >= 0.6 is 11.8 Å².